The van der Waals surface area contributed by atoms with Gasteiger partial charge in [0.25, 0.3) is 0 Å². The van der Waals surface area contributed by atoms with Crippen LogP contribution in [0.2, 0.25) is 0 Å². The van der Waals surface area contributed by atoms with Gasteiger partial charge in [-0.1, -0.05) is 0 Å². The molecule has 2 aliphatic rings. The molecule has 0 radical (unpaired) electrons. The molecular formula is C10H18N2O4S. The van der Waals surface area contributed by atoms with Crippen LogP contribution in [0.1, 0.15) is 12.8 Å². The fraction of sp³-hybridized carbons (Fsp3) is 0.900. The first-order valence-corrected chi connectivity index (χ1v) is 7.67. The van der Waals surface area contributed by atoms with Crippen molar-refractivity contribution in [3.05, 3.63) is 0 Å². The monoisotopic (exact) mass is 262 g/mol. The van der Waals surface area contributed by atoms with E-state index in [9.17, 15) is 18.3 Å². The van der Waals surface area contributed by atoms with Crippen molar-refractivity contribution >= 4 is 15.7 Å². The van der Waals surface area contributed by atoms with E-state index < -0.39 is 9.84 Å². The highest BCUT2D eigenvalue weighted by Gasteiger charge is 2.29. The lowest BCUT2D eigenvalue weighted by atomic mass is 10.2. The molecule has 98 valence electrons. The van der Waals surface area contributed by atoms with Crippen molar-refractivity contribution in [3.8, 4) is 0 Å². The van der Waals surface area contributed by atoms with Gasteiger partial charge in [-0.3, -0.25) is 9.69 Å². The molecule has 0 aromatic rings. The van der Waals surface area contributed by atoms with Crippen molar-refractivity contribution in [1.29, 1.82) is 0 Å². The molecule has 1 amide bonds. The molecule has 0 aromatic heterocycles. The standard InChI is InChI=1S/C10H18N2O4S/c13-9-1-3-12(5-9)6-10(14)11-8-2-4-17(15,16)7-8/h8-9,13H,1-7H2,(H,11,14)/t8?,9-/m0/s1. The molecule has 1 unspecified atom stereocenters. The van der Waals surface area contributed by atoms with Crippen LogP contribution in [0, 0.1) is 0 Å². The first kappa shape index (κ1) is 12.8. The van der Waals surface area contributed by atoms with Gasteiger partial charge < -0.3 is 10.4 Å². The lowest BCUT2D eigenvalue weighted by Gasteiger charge is -2.16. The topological polar surface area (TPSA) is 86.7 Å². The molecule has 2 N–H and O–H groups in total. The third-order valence-electron chi connectivity index (χ3n) is 3.21. The molecule has 2 fully saturated rings. The Kier molecular flexibility index (Phi) is 3.70. The normalized spacial score (nSPS) is 32.8. The van der Waals surface area contributed by atoms with Crippen molar-refractivity contribution in [2.45, 2.75) is 25.0 Å². The molecule has 7 heteroatoms. The zero-order valence-electron chi connectivity index (χ0n) is 9.63. The number of hydrogen-bond donors (Lipinski definition) is 2. The number of amides is 1. The van der Waals surface area contributed by atoms with Gasteiger partial charge in [0.15, 0.2) is 9.84 Å². The van der Waals surface area contributed by atoms with Crippen LogP contribution in [0.3, 0.4) is 0 Å². The van der Waals surface area contributed by atoms with E-state index in [1.807, 2.05) is 4.90 Å². The molecule has 0 bridgehead atoms. The van der Waals surface area contributed by atoms with E-state index in [2.05, 4.69) is 5.32 Å². The number of hydrogen-bond acceptors (Lipinski definition) is 5. The van der Waals surface area contributed by atoms with E-state index in [4.69, 9.17) is 0 Å². The summed E-state index contributed by atoms with van der Waals surface area (Å²) in [5.74, 6) is 0.0723. The number of carbonyl (C=O) groups is 1. The number of aliphatic hydroxyl groups excluding tert-OH is 1. The lowest BCUT2D eigenvalue weighted by Crippen LogP contribution is -2.42. The summed E-state index contributed by atoms with van der Waals surface area (Å²) in [5.41, 5.74) is 0. The number of β-amino-alcohol motifs (C(OH)–C–C–N with tert-alkyl or cyclic N) is 1. The Labute approximate surface area is 101 Å². The van der Waals surface area contributed by atoms with Crippen molar-refractivity contribution < 1.29 is 18.3 Å². The molecule has 2 rings (SSSR count). The largest absolute Gasteiger partial charge is 0.392 e. The summed E-state index contributed by atoms with van der Waals surface area (Å²) in [4.78, 5) is 13.5. The Morgan fingerprint density at radius 3 is 2.71 bits per heavy atom. The second-order valence-corrected chi connectivity index (χ2v) is 7.07. The molecule has 0 spiro atoms. The van der Waals surface area contributed by atoms with Gasteiger partial charge in [-0.05, 0) is 12.8 Å². The van der Waals surface area contributed by atoms with Crippen LogP contribution >= 0.6 is 0 Å². The van der Waals surface area contributed by atoms with Crippen LogP contribution < -0.4 is 5.32 Å². The van der Waals surface area contributed by atoms with Gasteiger partial charge in [-0.15, -0.1) is 0 Å². The lowest BCUT2D eigenvalue weighted by molar-refractivity contribution is -0.122. The maximum absolute atomic E-state index is 11.6. The number of nitrogens with one attached hydrogen (secondary N) is 1. The summed E-state index contributed by atoms with van der Waals surface area (Å²) in [6.45, 7) is 1.49. The van der Waals surface area contributed by atoms with Crippen LogP contribution in [-0.4, -0.2) is 67.6 Å². The average Bonchev–Trinajstić information content (AvgIpc) is 2.73. The van der Waals surface area contributed by atoms with Gasteiger partial charge >= 0.3 is 0 Å². The van der Waals surface area contributed by atoms with Crippen LogP contribution in [0.25, 0.3) is 0 Å². The molecule has 6 nitrogen and oxygen atoms in total. The molecule has 17 heavy (non-hydrogen) atoms. The Hall–Kier alpha value is -0.660. The highest BCUT2D eigenvalue weighted by atomic mass is 32.2. The molecule has 0 aromatic carbocycles. The average molecular weight is 262 g/mol. The minimum absolute atomic E-state index is 0.0569. The van der Waals surface area contributed by atoms with Crippen molar-refractivity contribution in [2.24, 2.45) is 0 Å². The van der Waals surface area contributed by atoms with E-state index in [-0.39, 0.29) is 36.1 Å². The molecule has 2 atom stereocenters. The summed E-state index contributed by atoms with van der Waals surface area (Å²) in [6, 6.07) is -0.236. The number of aliphatic hydroxyl groups is 1. The van der Waals surface area contributed by atoms with E-state index in [1.165, 1.54) is 0 Å². The third-order valence-corrected chi connectivity index (χ3v) is 4.98. The van der Waals surface area contributed by atoms with Gasteiger partial charge in [0.1, 0.15) is 0 Å². The number of rotatable bonds is 3. The molecule has 0 aliphatic carbocycles. The number of sulfone groups is 1. The molecule has 2 saturated heterocycles. The predicted octanol–water partition coefficient (Wildman–Crippen LogP) is -1.64. The van der Waals surface area contributed by atoms with Crippen LogP contribution in [0.4, 0.5) is 0 Å². The van der Waals surface area contributed by atoms with Gasteiger partial charge in [-0.25, -0.2) is 8.42 Å². The third kappa shape index (κ3) is 3.65. The first-order valence-electron chi connectivity index (χ1n) is 5.85. The Balaban J connectivity index is 1.75. The quantitative estimate of drug-likeness (QED) is 0.637. The predicted molar refractivity (Wildman–Crippen MR) is 62.3 cm³/mol. The zero-order valence-corrected chi connectivity index (χ0v) is 10.4. The second-order valence-electron chi connectivity index (χ2n) is 4.85. The molecular weight excluding hydrogens is 244 g/mol. The van der Waals surface area contributed by atoms with Crippen molar-refractivity contribution in [2.75, 3.05) is 31.1 Å². The van der Waals surface area contributed by atoms with Crippen molar-refractivity contribution in [1.82, 2.24) is 10.2 Å². The summed E-state index contributed by atoms with van der Waals surface area (Å²) in [7, 11) is -2.95. The van der Waals surface area contributed by atoms with E-state index in [1.54, 1.807) is 0 Å². The first-order chi connectivity index (χ1) is 7.94. The minimum atomic E-state index is -2.95. The minimum Gasteiger partial charge on any atom is -0.392 e. The van der Waals surface area contributed by atoms with Crippen LogP contribution in [0.15, 0.2) is 0 Å². The van der Waals surface area contributed by atoms with E-state index in [0.29, 0.717) is 19.4 Å². The Bertz CT molecular complexity index is 395. The maximum atomic E-state index is 11.6. The fourth-order valence-corrected chi connectivity index (χ4v) is 4.01. The second kappa shape index (κ2) is 4.91. The van der Waals surface area contributed by atoms with Crippen LogP contribution in [-0.2, 0) is 14.6 Å². The van der Waals surface area contributed by atoms with E-state index >= 15 is 0 Å². The van der Waals surface area contributed by atoms with Gasteiger partial charge in [0.05, 0.1) is 24.2 Å². The highest BCUT2D eigenvalue weighted by molar-refractivity contribution is 7.91. The SMILES string of the molecule is O=C(CN1CC[C@H](O)C1)NC1CCS(=O)(=O)C1. The van der Waals surface area contributed by atoms with Crippen LogP contribution in [0.5, 0.6) is 0 Å². The molecule has 2 aliphatic heterocycles. The number of likely N-dealkylation sites (tertiary alicyclic amines) is 1. The number of nitrogens with zero attached hydrogens (tertiary/aromatic N) is 1. The summed E-state index contributed by atoms with van der Waals surface area (Å²) >= 11 is 0. The Morgan fingerprint density at radius 2 is 2.18 bits per heavy atom. The summed E-state index contributed by atoms with van der Waals surface area (Å²) < 4.78 is 22.4. The van der Waals surface area contributed by atoms with Gasteiger partial charge in [0.2, 0.25) is 5.91 Å². The molecule has 0 saturated carbocycles. The number of carbonyl (C=O) groups excluding carboxylic acids is 1. The maximum Gasteiger partial charge on any atom is 0.234 e. The van der Waals surface area contributed by atoms with Gasteiger partial charge in [-0.2, -0.15) is 0 Å². The van der Waals surface area contributed by atoms with Crippen molar-refractivity contribution in [3.63, 3.8) is 0 Å². The molecule has 2 heterocycles. The Morgan fingerprint density at radius 1 is 1.41 bits per heavy atom. The highest BCUT2D eigenvalue weighted by Crippen LogP contribution is 2.12. The zero-order chi connectivity index (χ0) is 12.5. The van der Waals surface area contributed by atoms with Gasteiger partial charge in [0, 0.05) is 19.1 Å². The summed E-state index contributed by atoms with van der Waals surface area (Å²) in [6.07, 6.45) is 0.872. The smallest absolute Gasteiger partial charge is 0.234 e. The fourth-order valence-electron chi connectivity index (χ4n) is 2.34. The van der Waals surface area contributed by atoms with E-state index in [0.717, 1.165) is 6.54 Å². The summed E-state index contributed by atoms with van der Waals surface area (Å²) in [5, 5.41) is 12.0.